The third kappa shape index (κ3) is 1.64. The van der Waals surface area contributed by atoms with E-state index in [1.165, 1.54) is 10.9 Å². The highest BCUT2D eigenvalue weighted by Gasteiger charge is 2.11. The van der Waals surface area contributed by atoms with Crippen LogP contribution in [-0.2, 0) is 7.05 Å². The van der Waals surface area contributed by atoms with Crippen LogP contribution in [0.1, 0.15) is 5.56 Å². The average molecular weight is 236 g/mol. The van der Waals surface area contributed by atoms with Gasteiger partial charge in [0, 0.05) is 23.2 Å². The Labute approximate surface area is 106 Å². The van der Waals surface area contributed by atoms with Gasteiger partial charge in [0.2, 0.25) is 0 Å². The maximum Gasteiger partial charge on any atom is 0.286 e. The van der Waals surface area contributed by atoms with E-state index in [1.54, 1.807) is 0 Å². The first kappa shape index (κ1) is 10.8. The van der Waals surface area contributed by atoms with Gasteiger partial charge in [0.1, 0.15) is 11.9 Å². The van der Waals surface area contributed by atoms with E-state index >= 15 is 0 Å². The number of pyridine rings is 1. The molecule has 0 atom stereocenters. The van der Waals surface area contributed by atoms with Crippen LogP contribution >= 0.6 is 0 Å². The van der Waals surface area contributed by atoms with Crippen molar-refractivity contribution in [2.24, 2.45) is 7.05 Å². The Morgan fingerprint density at radius 2 is 1.94 bits per heavy atom. The molecule has 3 aromatic rings. The average Bonchev–Trinajstić information content (AvgIpc) is 2.41. The van der Waals surface area contributed by atoms with Crippen molar-refractivity contribution in [3.05, 3.63) is 54.6 Å². The van der Waals surface area contributed by atoms with Crippen LogP contribution in [0.15, 0.2) is 49.1 Å². The molecule has 0 amide bonds. The fourth-order valence-corrected chi connectivity index (χ4v) is 2.25. The zero-order valence-electron chi connectivity index (χ0n) is 10.5. The van der Waals surface area contributed by atoms with Crippen LogP contribution in [0.5, 0.6) is 0 Å². The van der Waals surface area contributed by atoms with Crippen molar-refractivity contribution in [2.75, 3.05) is 0 Å². The fraction of sp³-hybridized carbons (Fsp3) is 0.133. The molecule has 0 aliphatic carbocycles. The zero-order chi connectivity index (χ0) is 12.5. The minimum absolute atomic E-state index is 1.04. The van der Waals surface area contributed by atoms with Gasteiger partial charge in [0.25, 0.3) is 6.33 Å². The minimum Gasteiger partial charge on any atom is -0.255 e. The number of benzene rings is 1. The highest BCUT2D eigenvalue weighted by molar-refractivity contribution is 5.87. The lowest BCUT2D eigenvalue weighted by Crippen LogP contribution is -2.31. The number of para-hydroxylation sites is 1. The number of rotatable bonds is 1. The lowest BCUT2D eigenvalue weighted by Gasteiger charge is -2.08. The second kappa shape index (κ2) is 4.18. The van der Waals surface area contributed by atoms with E-state index in [-0.39, 0.29) is 0 Å². The van der Waals surface area contributed by atoms with E-state index in [0.29, 0.717) is 0 Å². The van der Waals surface area contributed by atoms with Crippen LogP contribution < -0.4 is 4.57 Å². The Morgan fingerprint density at radius 1 is 1.11 bits per heavy atom. The van der Waals surface area contributed by atoms with Crippen LogP contribution in [-0.4, -0.2) is 9.97 Å². The predicted molar refractivity (Wildman–Crippen MR) is 70.9 cm³/mol. The van der Waals surface area contributed by atoms with Gasteiger partial charge < -0.3 is 0 Å². The molecule has 0 spiro atoms. The molecule has 0 saturated carbocycles. The molecule has 18 heavy (non-hydrogen) atoms. The Kier molecular flexibility index (Phi) is 2.52. The highest BCUT2D eigenvalue weighted by atomic mass is 15.0. The second-order valence-electron chi connectivity index (χ2n) is 4.39. The first-order valence-electron chi connectivity index (χ1n) is 5.92. The lowest BCUT2D eigenvalue weighted by atomic mass is 10.0. The number of fused-ring (bicyclic) bond motifs is 1. The Bertz CT molecular complexity index is 720. The third-order valence-corrected chi connectivity index (χ3v) is 3.26. The van der Waals surface area contributed by atoms with Gasteiger partial charge in [-0.1, -0.05) is 23.2 Å². The summed E-state index contributed by atoms with van der Waals surface area (Å²) >= 11 is 0. The van der Waals surface area contributed by atoms with Crippen LogP contribution in [0.2, 0.25) is 0 Å². The van der Waals surface area contributed by atoms with Crippen molar-refractivity contribution in [1.82, 2.24) is 9.97 Å². The minimum atomic E-state index is 1.04. The van der Waals surface area contributed by atoms with Gasteiger partial charge in [-0.05, 0) is 18.6 Å². The number of aryl methyl sites for hydroxylation is 2. The summed E-state index contributed by atoms with van der Waals surface area (Å²) in [5.74, 6) is 0. The quantitative estimate of drug-likeness (QED) is 0.607. The molecule has 3 rings (SSSR count). The molecule has 0 unspecified atom stereocenters. The van der Waals surface area contributed by atoms with Gasteiger partial charge in [-0.15, -0.1) is 0 Å². The van der Waals surface area contributed by atoms with E-state index < -0.39 is 0 Å². The van der Waals surface area contributed by atoms with Crippen LogP contribution in [0, 0.1) is 6.92 Å². The molecule has 0 radical (unpaired) electrons. The number of hydrogen-bond acceptors (Lipinski definition) is 2. The van der Waals surface area contributed by atoms with Crippen molar-refractivity contribution >= 4 is 10.9 Å². The van der Waals surface area contributed by atoms with Gasteiger partial charge >= 0.3 is 0 Å². The molecule has 0 saturated heterocycles. The Balaban J connectivity index is 2.31. The van der Waals surface area contributed by atoms with Crippen molar-refractivity contribution in [2.45, 2.75) is 6.92 Å². The van der Waals surface area contributed by atoms with Gasteiger partial charge in [-0.2, -0.15) is 0 Å². The van der Waals surface area contributed by atoms with E-state index in [4.69, 9.17) is 0 Å². The third-order valence-electron chi connectivity index (χ3n) is 3.26. The standard InChI is InChI=1S/C15H14N3/c1-11-12-5-3-4-6-14(12)17-9-13(11)15-7-8-16-10-18(15)2/h3-10H,1-2H3/q+1. The summed E-state index contributed by atoms with van der Waals surface area (Å²) in [6.45, 7) is 2.14. The summed E-state index contributed by atoms with van der Waals surface area (Å²) in [5.41, 5.74) is 4.57. The van der Waals surface area contributed by atoms with Crippen molar-refractivity contribution < 1.29 is 4.57 Å². The smallest absolute Gasteiger partial charge is 0.255 e. The topological polar surface area (TPSA) is 29.7 Å². The van der Waals surface area contributed by atoms with E-state index in [2.05, 4.69) is 23.0 Å². The predicted octanol–water partition coefficient (Wildman–Crippen LogP) is 2.43. The van der Waals surface area contributed by atoms with Crippen LogP contribution in [0.25, 0.3) is 22.2 Å². The van der Waals surface area contributed by atoms with E-state index in [9.17, 15) is 0 Å². The molecule has 0 aliphatic rings. The number of nitrogens with zero attached hydrogens (tertiary/aromatic N) is 3. The van der Waals surface area contributed by atoms with E-state index in [0.717, 1.165) is 16.8 Å². The molecule has 2 aromatic heterocycles. The molecule has 0 N–H and O–H groups in total. The summed E-state index contributed by atoms with van der Waals surface area (Å²) in [5, 5.41) is 1.20. The lowest BCUT2D eigenvalue weighted by molar-refractivity contribution is -0.663. The molecular formula is C15H14N3+. The van der Waals surface area contributed by atoms with Crippen molar-refractivity contribution in [3.63, 3.8) is 0 Å². The molecule has 0 bridgehead atoms. The monoisotopic (exact) mass is 236 g/mol. The molecule has 1 aromatic carbocycles. The molecule has 88 valence electrons. The summed E-state index contributed by atoms with van der Waals surface area (Å²) in [7, 11) is 2.00. The summed E-state index contributed by atoms with van der Waals surface area (Å²) in [6.07, 6.45) is 5.56. The first-order chi connectivity index (χ1) is 8.77. The number of hydrogen-bond donors (Lipinski definition) is 0. The molecule has 3 nitrogen and oxygen atoms in total. The molecular weight excluding hydrogens is 222 g/mol. The van der Waals surface area contributed by atoms with Gasteiger partial charge in [0.05, 0.1) is 12.6 Å². The summed E-state index contributed by atoms with van der Waals surface area (Å²) in [6, 6.07) is 10.2. The SMILES string of the molecule is Cc1c(-c2ccnc[n+]2C)cnc2ccccc12. The van der Waals surface area contributed by atoms with Gasteiger partial charge in [-0.3, -0.25) is 4.98 Å². The molecule has 0 aliphatic heterocycles. The molecule has 2 heterocycles. The summed E-state index contributed by atoms with van der Waals surface area (Å²) in [4.78, 5) is 8.63. The zero-order valence-corrected chi connectivity index (χ0v) is 10.5. The summed E-state index contributed by atoms with van der Waals surface area (Å²) < 4.78 is 2.01. The van der Waals surface area contributed by atoms with Crippen LogP contribution in [0.4, 0.5) is 0 Å². The second-order valence-corrected chi connectivity index (χ2v) is 4.39. The van der Waals surface area contributed by atoms with Gasteiger partial charge in [0.15, 0.2) is 0 Å². The van der Waals surface area contributed by atoms with Crippen molar-refractivity contribution in [3.8, 4) is 11.3 Å². The number of aromatic nitrogens is 3. The molecule has 0 fully saturated rings. The largest absolute Gasteiger partial charge is 0.286 e. The van der Waals surface area contributed by atoms with E-state index in [1.807, 2.05) is 54.6 Å². The Hall–Kier alpha value is -2.29. The first-order valence-corrected chi connectivity index (χ1v) is 5.92. The maximum absolute atomic E-state index is 4.53. The van der Waals surface area contributed by atoms with Gasteiger partial charge in [-0.25, -0.2) is 4.57 Å². The highest BCUT2D eigenvalue weighted by Crippen LogP contribution is 2.25. The Morgan fingerprint density at radius 3 is 2.78 bits per heavy atom. The van der Waals surface area contributed by atoms with Crippen LogP contribution in [0.3, 0.4) is 0 Å². The normalized spacial score (nSPS) is 10.8. The maximum atomic E-state index is 4.53. The fourth-order valence-electron chi connectivity index (χ4n) is 2.25. The molecule has 3 heteroatoms. The van der Waals surface area contributed by atoms with Crippen molar-refractivity contribution in [1.29, 1.82) is 0 Å².